The number of carbonyl (C=O) groups excluding carboxylic acids is 5. The van der Waals surface area contributed by atoms with Gasteiger partial charge < -0.3 is 40.1 Å². The number of pyridine rings is 1. The van der Waals surface area contributed by atoms with Crippen molar-refractivity contribution < 1.29 is 47.7 Å². The summed E-state index contributed by atoms with van der Waals surface area (Å²) in [4.78, 5) is 69.2. The van der Waals surface area contributed by atoms with Crippen LogP contribution in [0, 0.1) is 11.3 Å². The fraction of sp³-hybridized carbons (Fsp3) is 0.342. The maximum absolute atomic E-state index is 14.0. The average molecular weight is 745 g/mol. The lowest BCUT2D eigenvalue weighted by Crippen LogP contribution is -2.35. The highest BCUT2D eigenvalue weighted by molar-refractivity contribution is 6.11. The van der Waals surface area contributed by atoms with Crippen LogP contribution in [0.2, 0.25) is 0 Å². The van der Waals surface area contributed by atoms with Gasteiger partial charge in [0, 0.05) is 53.5 Å². The summed E-state index contributed by atoms with van der Waals surface area (Å²) < 4.78 is 26.0. The first-order valence-electron chi connectivity index (χ1n) is 17.1. The topological polar surface area (TPSA) is 230 Å². The Kier molecular flexibility index (Phi) is 13.8. The molecule has 0 aliphatic heterocycles. The summed E-state index contributed by atoms with van der Waals surface area (Å²) in [6, 6.07) is 12.0. The molecule has 2 unspecified atom stereocenters. The van der Waals surface area contributed by atoms with Gasteiger partial charge in [-0.05, 0) is 88.1 Å². The lowest BCUT2D eigenvalue weighted by molar-refractivity contribution is -0.0868. The molecule has 1 aliphatic rings. The van der Waals surface area contributed by atoms with Crippen LogP contribution in [0.3, 0.4) is 0 Å². The molecule has 2 aromatic carbocycles. The predicted molar refractivity (Wildman–Crippen MR) is 198 cm³/mol. The van der Waals surface area contributed by atoms with Gasteiger partial charge in [-0.2, -0.15) is 0 Å². The van der Waals surface area contributed by atoms with Crippen molar-refractivity contribution in [2.75, 3.05) is 25.5 Å². The van der Waals surface area contributed by atoms with Gasteiger partial charge in [0.1, 0.15) is 23.4 Å². The Hall–Kier alpha value is -6.29. The molecule has 4 rings (SSSR count). The summed E-state index contributed by atoms with van der Waals surface area (Å²) in [5, 5.41) is 16.1. The molecule has 1 saturated carbocycles. The van der Waals surface area contributed by atoms with Crippen LogP contribution in [-0.4, -0.2) is 79.5 Å². The Labute approximate surface area is 312 Å². The predicted octanol–water partition coefficient (Wildman–Crippen LogP) is 5.26. The Morgan fingerprint density at radius 1 is 0.944 bits per heavy atom. The van der Waals surface area contributed by atoms with E-state index in [1.165, 1.54) is 68.6 Å². The van der Waals surface area contributed by atoms with E-state index >= 15 is 0 Å². The summed E-state index contributed by atoms with van der Waals surface area (Å²) >= 11 is 0. The van der Waals surface area contributed by atoms with E-state index in [0.29, 0.717) is 35.0 Å². The molecular weight excluding hydrogens is 700 g/mol. The molecule has 54 heavy (non-hydrogen) atoms. The van der Waals surface area contributed by atoms with Crippen LogP contribution in [0.15, 0.2) is 55.1 Å². The van der Waals surface area contributed by atoms with E-state index in [2.05, 4.69) is 27.5 Å². The van der Waals surface area contributed by atoms with E-state index in [1.807, 2.05) is 0 Å². The summed E-state index contributed by atoms with van der Waals surface area (Å²) in [5.41, 5.74) is 6.50. The fourth-order valence-electron chi connectivity index (χ4n) is 4.89. The summed E-state index contributed by atoms with van der Waals surface area (Å²) in [6.45, 7) is 10.6. The third-order valence-electron chi connectivity index (χ3n) is 7.86. The van der Waals surface area contributed by atoms with Crippen LogP contribution < -0.4 is 26.4 Å². The molecule has 0 bridgehead atoms. The van der Waals surface area contributed by atoms with Crippen LogP contribution >= 0.6 is 0 Å². The zero-order valence-corrected chi connectivity index (χ0v) is 30.6. The molecule has 16 heteroatoms. The third kappa shape index (κ3) is 11.1. The number of carbonyl (C=O) groups is 5. The largest absolute Gasteiger partial charge is 0.511 e. The number of ether oxygens (including phenoxy) is 5. The monoisotopic (exact) mass is 744 g/mol. The molecule has 3 aromatic rings. The molecule has 286 valence electrons. The maximum Gasteiger partial charge on any atom is 0.511 e. The number of amides is 3. The first-order chi connectivity index (χ1) is 25.7. The van der Waals surface area contributed by atoms with E-state index in [4.69, 9.17) is 34.8 Å². The molecule has 0 saturated heterocycles. The molecule has 1 aliphatic carbocycles. The Morgan fingerprint density at radius 2 is 1.65 bits per heavy atom. The van der Waals surface area contributed by atoms with E-state index in [9.17, 15) is 24.0 Å². The first-order valence-corrected chi connectivity index (χ1v) is 17.1. The quantitative estimate of drug-likeness (QED) is 0.0441. The first kappa shape index (κ1) is 40.5. The van der Waals surface area contributed by atoms with Crippen molar-refractivity contribution in [3.05, 3.63) is 83.2 Å². The number of aromatic nitrogens is 1. The molecule has 1 aromatic heterocycles. The third-order valence-corrected chi connectivity index (χ3v) is 7.86. The van der Waals surface area contributed by atoms with Crippen molar-refractivity contribution in [2.24, 2.45) is 11.7 Å². The minimum Gasteiger partial charge on any atom is -0.496 e. The van der Waals surface area contributed by atoms with Gasteiger partial charge in [0.2, 0.25) is 6.29 Å². The van der Waals surface area contributed by atoms with Gasteiger partial charge >= 0.3 is 18.2 Å². The zero-order valence-electron chi connectivity index (χ0n) is 30.6. The van der Waals surface area contributed by atoms with Crippen molar-refractivity contribution in [3.8, 4) is 16.9 Å². The molecule has 1 fully saturated rings. The fourth-order valence-corrected chi connectivity index (χ4v) is 4.89. The van der Waals surface area contributed by atoms with Crippen LogP contribution in [0.1, 0.15) is 83.0 Å². The lowest BCUT2D eigenvalue weighted by atomic mass is 9.94. The number of amidine groups is 1. The molecule has 6 N–H and O–H groups in total. The summed E-state index contributed by atoms with van der Waals surface area (Å²) in [5.74, 6) is -1.73. The second-order valence-electron chi connectivity index (χ2n) is 12.6. The Morgan fingerprint density at radius 3 is 2.26 bits per heavy atom. The van der Waals surface area contributed by atoms with Gasteiger partial charge in [0.15, 0.2) is 5.69 Å². The van der Waals surface area contributed by atoms with Crippen molar-refractivity contribution in [1.29, 1.82) is 5.41 Å². The number of alkyl carbamates (subject to hydrolysis) is 1. The lowest BCUT2D eigenvalue weighted by Gasteiger charge is -2.19. The van der Waals surface area contributed by atoms with Gasteiger partial charge in [0.25, 0.3) is 11.8 Å². The van der Waals surface area contributed by atoms with E-state index in [-0.39, 0.29) is 40.5 Å². The number of nitrogens with zero attached hydrogens (tertiary/aromatic N) is 1. The number of rotatable bonds is 15. The number of nitrogens with two attached hydrogens (primary N) is 1. The summed E-state index contributed by atoms with van der Waals surface area (Å²) in [7, 11) is 1.42. The molecular formula is C38H44N6O10. The number of methoxy groups -OCH3 is 1. The normalized spacial score (nSPS) is 13.1. The van der Waals surface area contributed by atoms with Crippen molar-refractivity contribution in [3.63, 3.8) is 0 Å². The van der Waals surface area contributed by atoms with Gasteiger partial charge in [0.05, 0.1) is 13.2 Å². The smallest absolute Gasteiger partial charge is 0.496 e. The molecule has 0 spiro atoms. The maximum atomic E-state index is 14.0. The van der Waals surface area contributed by atoms with Gasteiger partial charge in [-0.1, -0.05) is 12.7 Å². The van der Waals surface area contributed by atoms with Gasteiger partial charge in [-0.3, -0.25) is 20.3 Å². The van der Waals surface area contributed by atoms with Gasteiger partial charge in [-0.15, -0.1) is 0 Å². The SMILES string of the molecule is C=Cc1cc(C(=O)Nc2ccc(C(=N)NC(=O)OC(C)CN)cc2)c(-c2ccc(C(=O)NCC3CC3)nc2C(=O)OC(C)OC(=O)OC(C)C)cc1OC. The number of nitrogens with one attached hydrogen (secondary N) is 4. The molecule has 1 heterocycles. The van der Waals surface area contributed by atoms with Crippen LogP contribution in [-0.2, 0) is 18.9 Å². The van der Waals surface area contributed by atoms with Crippen molar-refractivity contribution >= 4 is 47.6 Å². The van der Waals surface area contributed by atoms with Crippen LogP contribution in [0.4, 0.5) is 15.3 Å². The van der Waals surface area contributed by atoms with Crippen molar-refractivity contribution in [1.82, 2.24) is 15.6 Å². The van der Waals surface area contributed by atoms with Crippen molar-refractivity contribution in [2.45, 2.75) is 59.0 Å². The minimum absolute atomic E-state index is 0.0625. The number of hydrogen-bond donors (Lipinski definition) is 5. The zero-order chi connectivity index (χ0) is 39.5. The van der Waals surface area contributed by atoms with E-state index in [0.717, 1.165) is 12.8 Å². The molecule has 0 radical (unpaired) electrons. The number of benzene rings is 2. The second-order valence-corrected chi connectivity index (χ2v) is 12.6. The minimum atomic E-state index is -1.41. The van der Waals surface area contributed by atoms with E-state index < -0.39 is 48.5 Å². The highest BCUT2D eigenvalue weighted by Gasteiger charge is 2.28. The number of hydrogen-bond acceptors (Lipinski definition) is 13. The highest BCUT2D eigenvalue weighted by Crippen LogP contribution is 2.35. The van der Waals surface area contributed by atoms with Crippen LogP contribution in [0.25, 0.3) is 17.2 Å². The molecule has 3 amide bonds. The number of anilines is 1. The van der Waals surface area contributed by atoms with Gasteiger partial charge in [-0.25, -0.2) is 19.4 Å². The summed E-state index contributed by atoms with van der Waals surface area (Å²) in [6.07, 6.45) is -0.826. The Balaban J connectivity index is 1.69. The molecule has 2 atom stereocenters. The van der Waals surface area contributed by atoms with Crippen LogP contribution in [0.5, 0.6) is 5.75 Å². The standard InChI is InChI=1S/C38H44N6O10/c1-7-24-16-29(34(45)42-26-12-10-25(11-13-26)33(40)44-37(48)52-21(4)18-39)28(17-31(24)50-6)27-14-15-30(35(46)41-19-23-8-9-23)43-32(27)36(47)53-22(5)54-38(49)51-20(2)3/h7,10-17,20-23H,1,8-9,18-19,39H2,2-6H3,(H,41,46)(H,42,45)(H2,40,44,48). The Bertz CT molecular complexity index is 1910. The molecule has 16 nitrogen and oxygen atoms in total. The average Bonchev–Trinajstić information content (AvgIpc) is 3.97. The highest BCUT2D eigenvalue weighted by atomic mass is 16.8. The number of esters is 1. The second kappa shape index (κ2) is 18.5. The van der Waals surface area contributed by atoms with E-state index in [1.54, 1.807) is 20.8 Å².